The minimum Gasteiger partial charge on any atom is -0.330 e. The third-order valence-electron chi connectivity index (χ3n) is 3.61. The predicted octanol–water partition coefficient (Wildman–Crippen LogP) is 1.93. The number of aromatic nitrogens is 1. The topological polar surface area (TPSA) is 85.1 Å². The Hall–Kier alpha value is -0.900. The molecule has 22 heavy (non-hydrogen) atoms. The highest BCUT2D eigenvalue weighted by atomic mass is 35.5. The molecule has 3 N–H and O–H groups in total. The molecule has 1 fully saturated rings. The number of halogens is 4. The van der Waals surface area contributed by atoms with Crippen LogP contribution in [0, 0.1) is 5.92 Å². The average molecular weight is 360 g/mol. The quantitative estimate of drug-likeness (QED) is 0.860. The van der Waals surface area contributed by atoms with Crippen molar-refractivity contribution in [3.63, 3.8) is 0 Å². The summed E-state index contributed by atoms with van der Waals surface area (Å²) in [7, 11) is -3.88. The molecular formula is C12H17ClF3N3O2S. The van der Waals surface area contributed by atoms with Crippen LogP contribution in [0.2, 0.25) is 0 Å². The van der Waals surface area contributed by atoms with Gasteiger partial charge in [0.15, 0.2) is 0 Å². The third kappa shape index (κ3) is 4.31. The van der Waals surface area contributed by atoms with Gasteiger partial charge in [0.2, 0.25) is 10.0 Å². The maximum absolute atomic E-state index is 12.4. The molecule has 1 aliphatic carbocycles. The van der Waals surface area contributed by atoms with Gasteiger partial charge in [-0.2, -0.15) is 13.2 Å². The lowest BCUT2D eigenvalue weighted by Gasteiger charge is -2.19. The Bertz CT molecular complexity index is 593. The number of alkyl halides is 3. The Morgan fingerprint density at radius 1 is 1.32 bits per heavy atom. The van der Waals surface area contributed by atoms with Crippen molar-refractivity contribution in [3.8, 4) is 0 Å². The molecule has 5 nitrogen and oxygen atoms in total. The van der Waals surface area contributed by atoms with Gasteiger partial charge in [-0.1, -0.05) is 6.42 Å². The summed E-state index contributed by atoms with van der Waals surface area (Å²) in [4.78, 5) is 2.88. The van der Waals surface area contributed by atoms with Crippen molar-refractivity contribution >= 4 is 22.4 Å². The second kappa shape index (κ2) is 7.12. The summed E-state index contributed by atoms with van der Waals surface area (Å²) in [5.41, 5.74) is 4.45. The van der Waals surface area contributed by atoms with Crippen molar-refractivity contribution in [2.24, 2.45) is 11.7 Å². The number of nitrogens with zero attached hydrogens (tertiary/aromatic N) is 1. The Morgan fingerprint density at radius 2 is 2.00 bits per heavy atom. The molecule has 1 aromatic rings. The van der Waals surface area contributed by atoms with Crippen LogP contribution in [-0.4, -0.2) is 26.0 Å². The summed E-state index contributed by atoms with van der Waals surface area (Å²) < 4.78 is 64.0. The van der Waals surface area contributed by atoms with E-state index in [1.165, 1.54) is 0 Å². The molecule has 2 rings (SSSR count). The summed E-state index contributed by atoms with van der Waals surface area (Å²) in [6.45, 7) is 0.373. The second-order valence-corrected chi connectivity index (χ2v) is 6.75. The first-order valence-corrected chi connectivity index (χ1v) is 7.98. The molecule has 0 radical (unpaired) electrons. The van der Waals surface area contributed by atoms with Gasteiger partial charge in [-0.05, 0) is 37.4 Å². The van der Waals surface area contributed by atoms with Gasteiger partial charge in [-0.15, -0.1) is 12.4 Å². The first kappa shape index (κ1) is 19.1. The number of nitrogens with one attached hydrogen (secondary N) is 1. The fourth-order valence-corrected chi connectivity index (χ4v) is 3.73. The lowest BCUT2D eigenvalue weighted by molar-refractivity contribution is -0.141. The van der Waals surface area contributed by atoms with Crippen molar-refractivity contribution in [2.75, 3.05) is 6.54 Å². The third-order valence-corrected chi connectivity index (χ3v) is 5.08. The van der Waals surface area contributed by atoms with E-state index >= 15 is 0 Å². The van der Waals surface area contributed by atoms with Crippen molar-refractivity contribution < 1.29 is 21.6 Å². The van der Waals surface area contributed by atoms with Crippen LogP contribution in [0.3, 0.4) is 0 Å². The smallest absolute Gasteiger partial charge is 0.330 e. The molecule has 0 saturated heterocycles. The lowest BCUT2D eigenvalue weighted by atomic mass is 10.1. The van der Waals surface area contributed by atoms with Crippen molar-refractivity contribution in [1.29, 1.82) is 0 Å². The molecule has 0 aliphatic heterocycles. The zero-order chi connectivity index (χ0) is 15.7. The molecular weight excluding hydrogens is 343 g/mol. The Kier molecular flexibility index (Phi) is 6.19. The zero-order valence-corrected chi connectivity index (χ0v) is 13.1. The highest BCUT2D eigenvalue weighted by Gasteiger charge is 2.34. The molecule has 1 aliphatic rings. The summed E-state index contributed by atoms with van der Waals surface area (Å²) >= 11 is 0. The van der Waals surface area contributed by atoms with E-state index in [0.717, 1.165) is 25.1 Å². The Morgan fingerprint density at radius 3 is 2.50 bits per heavy atom. The number of pyridine rings is 1. The van der Waals surface area contributed by atoms with E-state index in [-0.39, 0.29) is 29.3 Å². The van der Waals surface area contributed by atoms with E-state index < -0.39 is 21.9 Å². The molecule has 0 amide bonds. The molecule has 0 spiro atoms. The molecule has 1 saturated carbocycles. The maximum Gasteiger partial charge on any atom is 0.433 e. The van der Waals surface area contributed by atoms with Gasteiger partial charge in [0.05, 0.1) is 0 Å². The van der Waals surface area contributed by atoms with Crippen LogP contribution in [-0.2, 0) is 16.2 Å². The average Bonchev–Trinajstić information content (AvgIpc) is 2.84. The summed E-state index contributed by atoms with van der Waals surface area (Å²) in [5.74, 6) is 0.0576. The first-order chi connectivity index (χ1) is 9.74. The standard InChI is InChI=1S/C12H16F3N3O2S.ClH/c13-12(14,15)11-5-4-9(7-17-11)21(19,20)18-10-3-1-2-8(10)6-16;/h4-5,7-8,10,18H,1-3,6,16H2;1H. The van der Waals surface area contributed by atoms with E-state index in [0.29, 0.717) is 19.0 Å². The largest absolute Gasteiger partial charge is 0.433 e. The normalized spacial score (nSPS) is 22.4. The van der Waals surface area contributed by atoms with Crippen LogP contribution in [0.1, 0.15) is 25.0 Å². The van der Waals surface area contributed by atoms with Crippen LogP contribution < -0.4 is 10.5 Å². The van der Waals surface area contributed by atoms with Crippen molar-refractivity contribution in [2.45, 2.75) is 36.4 Å². The number of hydrogen-bond donors (Lipinski definition) is 2. The Balaban J connectivity index is 0.00000242. The molecule has 1 aromatic heterocycles. The van der Waals surface area contributed by atoms with Gasteiger partial charge in [-0.25, -0.2) is 13.1 Å². The highest BCUT2D eigenvalue weighted by molar-refractivity contribution is 7.89. The Labute approximate surface area is 133 Å². The fourth-order valence-electron chi connectivity index (χ4n) is 2.45. The van der Waals surface area contributed by atoms with Gasteiger partial charge < -0.3 is 5.73 Å². The van der Waals surface area contributed by atoms with Gasteiger partial charge in [0.25, 0.3) is 0 Å². The molecule has 0 aromatic carbocycles. The minimum absolute atomic E-state index is 0. The van der Waals surface area contributed by atoms with E-state index in [4.69, 9.17) is 5.73 Å². The number of hydrogen-bond acceptors (Lipinski definition) is 4. The number of sulfonamides is 1. The van der Waals surface area contributed by atoms with Gasteiger partial charge >= 0.3 is 6.18 Å². The number of rotatable bonds is 4. The van der Waals surface area contributed by atoms with E-state index in [1.807, 2.05) is 0 Å². The molecule has 0 bridgehead atoms. The van der Waals surface area contributed by atoms with E-state index in [2.05, 4.69) is 9.71 Å². The van der Waals surface area contributed by atoms with Crippen LogP contribution in [0.4, 0.5) is 13.2 Å². The van der Waals surface area contributed by atoms with E-state index in [9.17, 15) is 21.6 Å². The monoisotopic (exact) mass is 359 g/mol. The maximum atomic E-state index is 12.4. The predicted molar refractivity (Wildman–Crippen MR) is 77.0 cm³/mol. The summed E-state index contributed by atoms with van der Waals surface area (Å²) in [6.07, 6.45) is -1.48. The zero-order valence-electron chi connectivity index (χ0n) is 11.5. The van der Waals surface area contributed by atoms with Gasteiger partial charge in [0.1, 0.15) is 10.6 Å². The second-order valence-electron chi connectivity index (χ2n) is 5.03. The van der Waals surface area contributed by atoms with Gasteiger partial charge in [-0.3, -0.25) is 4.98 Å². The van der Waals surface area contributed by atoms with Crippen LogP contribution in [0.15, 0.2) is 23.2 Å². The van der Waals surface area contributed by atoms with Gasteiger partial charge in [0, 0.05) is 12.2 Å². The molecule has 1 heterocycles. The molecule has 2 unspecified atom stereocenters. The van der Waals surface area contributed by atoms with Crippen molar-refractivity contribution in [3.05, 3.63) is 24.0 Å². The first-order valence-electron chi connectivity index (χ1n) is 6.49. The molecule has 126 valence electrons. The van der Waals surface area contributed by atoms with Crippen LogP contribution >= 0.6 is 12.4 Å². The van der Waals surface area contributed by atoms with E-state index in [1.54, 1.807) is 0 Å². The summed E-state index contributed by atoms with van der Waals surface area (Å²) in [6, 6.07) is 1.29. The minimum atomic E-state index is -4.59. The van der Waals surface area contributed by atoms with Crippen molar-refractivity contribution in [1.82, 2.24) is 9.71 Å². The SMILES string of the molecule is Cl.NCC1CCCC1NS(=O)(=O)c1ccc(C(F)(F)F)nc1. The lowest BCUT2D eigenvalue weighted by Crippen LogP contribution is -2.39. The van der Waals surface area contributed by atoms with Crippen LogP contribution in [0.5, 0.6) is 0 Å². The molecule has 10 heteroatoms. The summed E-state index contributed by atoms with van der Waals surface area (Å²) in [5, 5.41) is 0. The van der Waals surface area contributed by atoms with Crippen LogP contribution in [0.25, 0.3) is 0 Å². The molecule has 2 atom stereocenters. The fraction of sp³-hybridized carbons (Fsp3) is 0.583. The number of nitrogens with two attached hydrogens (primary N) is 1. The highest BCUT2D eigenvalue weighted by Crippen LogP contribution is 2.29.